The van der Waals surface area contributed by atoms with Crippen LogP contribution in [0.2, 0.25) is 0 Å². The molecule has 0 amide bonds. The molecule has 12 heteroatoms. The Morgan fingerprint density at radius 2 is 1.67 bits per heavy atom. The second kappa shape index (κ2) is 7.07. The highest BCUT2D eigenvalue weighted by Gasteiger charge is 2.60. The Hall–Kier alpha value is -1.37. The number of likely N-dealkylation sites (tertiary alicyclic amines) is 1. The van der Waals surface area contributed by atoms with Crippen LogP contribution in [0.3, 0.4) is 0 Å². The molecule has 4 heterocycles. The van der Waals surface area contributed by atoms with Crippen molar-refractivity contribution in [3.63, 3.8) is 0 Å². The van der Waals surface area contributed by atoms with Gasteiger partial charge in [-0.3, -0.25) is 9.88 Å². The molecule has 1 aromatic heterocycles. The molecule has 0 radical (unpaired) electrons. The minimum absolute atomic E-state index is 0.115. The molecule has 30 heavy (non-hydrogen) atoms. The summed E-state index contributed by atoms with van der Waals surface area (Å²) >= 11 is 0. The van der Waals surface area contributed by atoms with E-state index in [0.29, 0.717) is 25.2 Å². The Kier molecular flexibility index (Phi) is 5.15. The molecule has 1 spiro atoms. The molecule has 3 aliphatic heterocycles. The van der Waals surface area contributed by atoms with Gasteiger partial charge >= 0.3 is 12.1 Å². The highest BCUT2D eigenvalue weighted by molar-refractivity contribution is 7.89. The van der Waals surface area contributed by atoms with Crippen LogP contribution in [0.5, 0.6) is 0 Å². The summed E-state index contributed by atoms with van der Waals surface area (Å²) in [6.45, 7) is 4.75. The molecule has 0 unspecified atom stereocenters. The SMILES string of the molecule is Cc1nc(C(F)(F)C(F)(F)F)ccc1S(=O)(=O)N1CC2(CN(C3CCOCC3)C2)C1. The third kappa shape index (κ3) is 3.51. The summed E-state index contributed by atoms with van der Waals surface area (Å²) in [6, 6.07) is 1.66. The van der Waals surface area contributed by atoms with Gasteiger partial charge in [0.1, 0.15) is 10.6 Å². The fraction of sp³-hybridized carbons (Fsp3) is 0.722. The molecule has 3 aliphatic rings. The zero-order valence-electron chi connectivity index (χ0n) is 16.3. The summed E-state index contributed by atoms with van der Waals surface area (Å²) in [5.41, 5.74) is -2.01. The minimum Gasteiger partial charge on any atom is -0.381 e. The van der Waals surface area contributed by atoms with Crippen LogP contribution in [-0.2, 0) is 20.7 Å². The van der Waals surface area contributed by atoms with Gasteiger partial charge in [0.15, 0.2) is 0 Å². The van der Waals surface area contributed by atoms with Gasteiger partial charge in [-0.05, 0) is 31.9 Å². The van der Waals surface area contributed by atoms with Crippen LogP contribution < -0.4 is 0 Å². The molecule has 3 saturated heterocycles. The maximum absolute atomic E-state index is 13.5. The summed E-state index contributed by atoms with van der Waals surface area (Å²) in [5, 5.41) is 0. The fourth-order valence-corrected chi connectivity index (χ4v) is 6.30. The topological polar surface area (TPSA) is 62.7 Å². The molecular weight excluding hydrogens is 433 g/mol. The number of pyridine rings is 1. The van der Waals surface area contributed by atoms with Gasteiger partial charge in [-0.2, -0.15) is 26.3 Å². The number of ether oxygens (including phenoxy) is 1. The molecule has 0 aromatic carbocycles. The average Bonchev–Trinajstić information content (AvgIpc) is 2.58. The second-order valence-corrected chi connectivity index (χ2v) is 10.3. The number of halogens is 5. The largest absolute Gasteiger partial charge is 0.459 e. The maximum Gasteiger partial charge on any atom is 0.459 e. The number of sulfonamides is 1. The standard InChI is InChI=1S/C18H22F5N3O3S/c1-12-14(2-3-15(24-12)17(19,20)18(21,22)23)30(27,28)26-10-16(11-26)8-25(9-16)13-4-6-29-7-5-13/h2-3,13H,4-11H2,1H3. The van der Waals surface area contributed by atoms with E-state index >= 15 is 0 Å². The number of aryl methyl sites for hydroxylation is 1. The van der Waals surface area contributed by atoms with Crippen molar-refractivity contribution in [2.45, 2.75) is 42.8 Å². The number of rotatable bonds is 4. The first-order chi connectivity index (χ1) is 13.9. The van der Waals surface area contributed by atoms with E-state index in [4.69, 9.17) is 4.74 Å². The molecule has 0 bridgehead atoms. The summed E-state index contributed by atoms with van der Waals surface area (Å²) in [4.78, 5) is 5.25. The first-order valence-corrected chi connectivity index (χ1v) is 11.0. The normalized spacial score (nSPS) is 23.9. The maximum atomic E-state index is 13.5. The average molecular weight is 455 g/mol. The molecule has 6 nitrogen and oxygen atoms in total. The number of hydrogen-bond acceptors (Lipinski definition) is 5. The molecule has 3 fully saturated rings. The molecule has 4 rings (SSSR count). The predicted molar refractivity (Wildman–Crippen MR) is 95.5 cm³/mol. The number of hydrogen-bond donors (Lipinski definition) is 0. The lowest BCUT2D eigenvalue weighted by Crippen LogP contribution is -2.74. The van der Waals surface area contributed by atoms with Gasteiger partial charge in [-0.15, -0.1) is 0 Å². The first-order valence-electron chi connectivity index (χ1n) is 9.60. The van der Waals surface area contributed by atoms with Gasteiger partial charge in [0.25, 0.3) is 0 Å². The smallest absolute Gasteiger partial charge is 0.381 e. The van der Waals surface area contributed by atoms with Crippen LogP contribution in [0.4, 0.5) is 22.0 Å². The summed E-state index contributed by atoms with van der Waals surface area (Å²) in [7, 11) is -4.01. The predicted octanol–water partition coefficient (Wildman–Crippen LogP) is 2.53. The van der Waals surface area contributed by atoms with Crippen LogP contribution in [0.15, 0.2) is 17.0 Å². The Morgan fingerprint density at radius 1 is 1.07 bits per heavy atom. The molecule has 0 atom stereocenters. The fourth-order valence-electron chi connectivity index (χ4n) is 4.48. The lowest BCUT2D eigenvalue weighted by molar-refractivity contribution is -0.291. The van der Waals surface area contributed by atoms with E-state index in [1.165, 1.54) is 4.31 Å². The van der Waals surface area contributed by atoms with Crippen LogP contribution in [-0.4, -0.2) is 74.2 Å². The summed E-state index contributed by atoms with van der Waals surface area (Å²) in [6.07, 6.45) is -3.90. The Balaban J connectivity index is 1.43. The zero-order chi connectivity index (χ0) is 21.9. The molecule has 1 aromatic rings. The molecule has 0 N–H and O–H groups in total. The van der Waals surface area contributed by atoms with E-state index in [1.807, 2.05) is 0 Å². The van der Waals surface area contributed by atoms with Crippen molar-refractivity contribution in [3.8, 4) is 0 Å². The zero-order valence-corrected chi connectivity index (χ0v) is 17.1. The quantitative estimate of drug-likeness (QED) is 0.653. The second-order valence-electron chi connectivity index (χ2n) is 8.37. The van der Waals surface area contributed by atoms with Gasteiger partial charge in [0.2, 0.25) is 10.0 Å². The van der Waals surface area contributed by atoms with Crippen molar-refractivity contribution >= 4 is 10.0 Å². The summed E-state index contributed by atoms with van der Waals surface area (Å²) in [5.74, 6) is -5.15. The summed E-state index contributed by atoms with van der Waals surface area (Å²) < 4.78 is 96.9. The van der Waals surface area contributed by atoms with Crippen molar-refractivity contribution in [2.75, 3.05) is 39.4 Å². The Bertz CT molecular complexity index is 917. The van der Waals surface area contributed by atoms with Crippen molar-refractivity contribution < 1.29 is 35.1 Å². The van der Waals surface area contributed by atoms with Gasteiger partial charge in [0.05, 0.1) is 5.69 Å². The molecule has 0 saturated carbocycles. The Morgan fingerprint density at radius 3 is 2.20 bits per heavy atom. The van der Waals surface area contributed by atoms with Gasteiger partial charge in [0, 0.05) is 50.8 Å². The lowest BCUT2D eigenvalue weighted by atomic mass is 9.73. The van der Waals surface area contributed by atoms with E-state index < -0.39 is 27.8 Å². The number of nitrogens with zero attached hydrogens (tertiary/aromatic N) is 3. The van der Waals surface area contributed by atoms with E-state index in [1.54, 1.807) is 0 Å². The molecule has 0 aliphatic carbocycles. The van der Waals surface area contributed by atoms with E-state index in [9.17, 15) is 30.4 Å². The number of alkyl halides is 5. The van der Waals surface area contributed by atoms with Gasteiger partial charge in [-0.1, -0.05) is 0 Å². The third-order valence-corrected chi connectivity index (χ3v) is 8.07. The number of aromatic nitrogens is 1. The van der Waals surface area contributed by atoms with Crippen molar-refractivity contribution in [1.29, 1.82) is 0 Å². The first kappa shape index (κ1) is 21.8. The molecule has 168 valence electrons. The third-order valence-electron chi connectivity index (χ3n) is 6.14. The van der Waals surface area contributed by atoms with E-state index in [0.717, 1.165) is 52.1 Å². The Labute approximate surface area is 171 Å². The van der Waals surface area contributed by atoms with Crippen LogP contribution >= 0.6 is 0 Å². The highest BCUT2D eigenvalue weighted by Crippen LogP contribution is 2.45. The minimum atomic E-state index is -5.81. The molecular formula is C18H22F5N3O3S. The van der Waals surface area contributed by atoms with Crippen LogP contribution in [0.1, 0.15) is 24.2 Å². The van der Waals surface area contributed by atoms with Crippen LogP contribution in [0, 0.1) is 12.3 Å². The monoisotopic (exact) mass is 455 g/mol. The van der Waals surface area contributed by atoms with Crippen molar-refractivity contribution in [2.24, 2.45) is 5.41 Å². The van der Waals surface area contributed by atoms with E-state index in [-0.39, 0.29) is 16.0 Å². The van der Waals surface area contributed by atoms with Gasteiger partial charge in [-0.25, -0.2) is 8.42 Å². The lowest BCUT2D eigenvalue weighted by Gasteiger charge is -2.61. The highest BCUT2D eigenvalue weighted by atomic mass is 32.2. The van der Waals surface area contributed by atoms with Gasteiger partial charge < -0.3 is 4.74 Å². The van der Waals surface area contributed by atoms with E-state index in [2.05, 4.69) is 9.88 Å². The van der Waals surface area contributed by atoms with Crippen molar-refractivity contribution in [1.82, 2.24) is 14.2 Å². The van der Waals surface area contributed by atoms with Crippen molar-refractivity contribution in [3.05, 3.63) is 23.5 Å². The van der Waals surface area contributed by atoms with Crippen LogP contribution in [0.25, 0.3) is 0 Å².